The van der Waals surface area contributed by atoms with Gasteiger partial charge in [0.15, 0.2) is 0 Å². The molecule has 0 bridgehead atoms. The summed E-state index contributed by atoms with van der Waals surface area (Å²) in [5.74, 6) is 0.698. The summed E-state index contributed by atoms with van der Waals surface area (Å²) in [6.07, 6.45) is 0. The van der Waals surface area contributed by atoms with Gasteiger partial charge >= 0.3 is 0 Å². The molecule has 2 nitrogen and oxygen atoms in total. The van der Waals surface area contributed by atoms with Crippen LogP contribution in [0.15, 0.2) is 24.3 Å². The Morgan fingerprint density at radius 3 is 3.09 bits per heavy atom. The Balaban J connectivity index is 2.67. The maximum atomic E-state index is 6.99. The molecule has 1 aromatic rings. The Labute approximate surface area is 71.4 Å². The highest BCUT2D eigenvalue weighted by molar-refractivity contribution is 5.32. The van der Waals surface area contributed by atoms with E-state index < -0.39 is 6.98 Å². The number of hydrogen-bond acceptors (Lipinski definition) is 2. The highest BCUT2D eigenvalue weighted by Crippen LogP contribution is 2.16. The van der Waals surface area contributed by atoms with Crippen LogP contribution in [0.1, 0.15) is 9.68 Å². The van der Waals surface area contributed by atoms with Crippen LogP contribution in [-0.4, -0.2) is 14.1 Å². The quantitative estimate of drug-likeness (QED) is 0.710. The van der Waals surface area contributed by atoms with Crippen molar-refractivity contribution in [3.63, 3.8) is 0 Å². The molecule has 0 saturated heterocycles. The van der Waals surface area contributed by atoms with Gasteiger partial charge in [0.25, 0.3) is 0 Å². The molecule has 0 heterocycles. The highest BCUT2D eigenvalue weighted by atomic mass is 16.5. The van der Waals surface area contributed by atoms with Crippen molar-refractivity contribution in [2.45, 2.75) is 6.54 Å². The Morgan fingerprint density at radius 2 is 2.36 bits per heavy atom. The van der Waals surface area contributed by atoms with E-state index in [2.05, 4.69) is 5.32 Å². The van der Waals surface area contributed by atoms with Gasteiger partial charge < -0.3 is 10.1 Å². The lowest BCUT2D eigenvalue weighted by atomic mass is 10.2. The van der Waals surface area contributed by atoms with Gasteiger partial charge in [0.05, 0.1) is 7.11 Å². The molecule has 1 aromatic carbocycles. The molecular weight excluding hydrogens is 138 g/mol. The molecule has 0 atom stereocenters. The summed E-state index contributed by atoms with van der Waals surface area (Å²) in [5, 5.41) is 2.43. The zero-order chi connectivity index (χ0) is 10.6. The van der Waals surface area contributed by atoms with Crippen LogP contribution in [-0.2, 0) is 6.54 Å². The van der Waals surface area contributed by atoms with Gasteiger partial charge in [0.1, 0.15) is 5.75 Å². The van der Waals surface area contributed by atoms with Gasteiger partial charge in [-0.05, 0) is 13.0 Å². The third-order valence-corrected chi connectivity index (χ3v) is 1.47. The summed E-state index contributed by atoms with van der Waals surface area (Å²) >= 11 is 0. The summed E-state index contributed by atoms with van der Waals surface area (Å²) in [5.41, 5.74) is 0.839. The Bertz CT molecular complexity index is 298. The predicted octanol–water partition coefficient (Wildman–Crippen LogP) is 1.41. The molecule has 0 aliphatic heterocycles. The maximum absolute atomic E-state index is 6.99. The molecule has 0 saturated carbocycles. The first-order chi connectivity index (χ1) is 6.53. The van der Waals surface area contributed by atoms with E-state index in [0.717, 1.165) is 5.56 Å². The van der Waals surface area contributed by atoms with Gasteiger partial charge in [0, 0.05) is 16.2 Å². The summed E-state index contributed by atoms with van der Waals surface area (Å²) in [6.45, 7) is -1.83. The van der Waals surface area contributed by atoms with Gasteiger partial charge in [-0.1, -0.05) is 18.2 Å². The van der Waals surface area contributed by atoms with Gasteiger partial charge in [-0.25, -0.2) is 0 Å². The fraction of sp³-hybridized carbons (Fsp3) is 0.333. The van der Waals surface area contributed by atoms with Crippen molar-refractivity contribution in [1.29, 1.82) is 0 Å². The number of rotatable bonds is 3. The van der Waals surface area contributed by atoms with Crippen molar-refractivity contribution in [2.75, 3.05) is 14.1 Å². The molecule has 0 unspecified atom stereocenters. The predicted molar refractivity (Wildman–Crippen MR) is 45.8 cm³/mol. The largest absolute Gasteiger partial charge is 0.496 e. The van der Waals surface area contributed by atoms with E-state index >= 15 is 0 Å². The molecule has 0 amide bonds. The van der Waals surface area contributed by atoms with Crippen molar-refractivity contribution in [3.8, 4) is 5.75 Å². The lowest BCUT2D eigenvalue weighted by Crippen LogP contribution is -2.06. The molecule has 2 heteroatoms. The molecule has 0 fully saturated rings. The first-order valence-electron chi connectivity index (χ1n) is 4.90. The zero-order valence-corrected chi connectivity index (χ0v) is 6.42. The molecule has 0 aromatic heterocycles. The second kappa shape index (κ2) is 3.98. The summed E-state index contributed by atoms with van der Waals surface area (Å²) in [7, 11) is 1.56. The molecule has 0 radical (unpaired) electrons. The number of para-hydroxylation sites is 1. The Morgan fingerprint density at radius 1 is 1.55 bits per heavy atom. The fourth-order valence-corrected chi connectivity index (χ4v) is 0.944. The van der Waals surface area contributed by atoms with Crippen LogP contribution in [0.3, 0.4) is 0 Å². The van der Waals surface area contributed by atoms with Gasteiger partial charge in [0.2, 0.25) is 0 Å². The monoisotopic (exact) mass is 154 g/mol. The van der Waals surface area contributed by atoms with Gasteiger partial charge in [-0.2, -0.15) is 0 Å². The normalized spacial score (nSPS) is 14.8. The fourth-order valence-electron chi connectivity index (χ4n) is 0.944. The van der Waals surface area contributed by atoms with E-state index in [1.165, 1.54) is 0 Å². The Kier molecular flexibility index (Phi) is 1.73. The van der Waals surface area contributed by atoms with Crippen LogP contribution in [0.4, 0.5) is 0 Å². The minimum atomic E-state index is -2.11. The van der Waals surface area contributed by atoms with E-state index in [9.17, 15) is 0 Å². The maximum Gasteiger partial charge on any atom is 0.123 e. The average molecular weight is 154 g/mol. The number of nitrogens with one attached hydrogen (secondary N) is 1. The average Bonchev–Trinajstić information content (AvgIpc) is 2.14. The van der Waals surface area contributed by atoms with E-state index in [1.807, 2.05) is 18.2 Å². The van der Waals surface area contributed by atoms with Gasteiger partial charge in [-0.15, -0.1) is 0 Å². The minimum Gasteiger partial charge on any atom is -0.496 e. The molecule has 11 heavy (non-hydrogen) atoms. The van der Waals surface area contributed by atoms with E-state index in [-0.39, 0.29) is 6.54 Å². The molecule has 60 valence electrons. The molecule has 0 aliphatic rings. The minimum absolute atomic E-state index is 0.278. The first-order valence-corrected chi connectivity index (χ1v) is 3.40. The smallest absolute Gasteiger partial charge is 0.123 e. The lowest BCUT2D eigenvalue weighted by Gasteiger charge is -2.06. The number of benzene rings is 1. The van der Waals surface area contributed by atoms with E-state index in [1.54, 1.807) is 13.2 Å². The lowest BCUT2D eigenvalue weighted by molar-refractivity contribution is 0.408. The van der Waals surface area contributed by atoms with Crippen molar-refractivity contribution < 1.29 is 8.85 Å². The molecule has 1 rings (SSSR count). The first kappa shape index (κ1) is 4.78. The summed E-state index contributed by atoms with van der Waals surface area (Å²) in [4.78, 5) is 0. The van der Waals surface area contributed by atoms with Crippen LogP contribution in [0.25, 0.3) is 0 Å². The summed E-state index contributed by atoms with van der Waals surface area (Å²) in [6, 6.07) is 7.32. The van der Waals surface area contributed by atoms with E-state index in [4.69, 9.17) is 8.85 Å². The number of ether oxygens (including phenoxy) is 1. The third kappa shape index (κ3) is 1.95. The summed E-state index contributed by atoms with van der Waals surface area (Å²) < 4.78 is 26.1. The number of hydrogen-bond donors (Lipinski definition) is 1. The van der Waals surface area contributed by atoms with Crippen molar-refractivity contribution in [1.82, 2.24) is 5.32 Å². The van der Waals surface area contributed by atoms with Crippen molar-refractivity contribution >= 4 is 0 Å². The Hall–Kier alpha value is -1.02. The zero-order valence-electron chi connectivity index (χ0n) is 9.42. The second-order valence-corrected chi connectivity index (χ2v) is 2.17. The van der Waals surface area contributed by atoms with Crippen molar-refractivity contribution in [2.24, 2.45) is 0 Å². The second-order valence-electron chi connectivity index (χ2n) is 2.17. The van der Waals surface area contributed by atoms with Crippen LogP contribution < -0.4 is 10.1 Å². The standard InChI is InChI=1S/C9H13NO/c1-10-7-8-5-3-4-6-9(8)11-2/h3-6,10H,7H2,1-2H3/i1D3. The topological polar surface area (TPSA) is 21.3 Å². The SMILES string of the molecule is [2H]C([2H])([2H])NCc1ccccc1OC. The van der Waals surface area contributed by atoms with Crippen LogP contribution in [0.5, 0.6) is 5.75 Å². The van der Waals surface area contributed by atoms with Crippen LogP contribution >= 0.6 is 0 Å². The van der Waals surface area contributed by atoms with Crippen molar-refractivity contribution in [3.05, 3.63) is 29.8 Å². The van der Waals surface area contributed by atoms with Gasteiger partial charge in [-0.3, -0.25) is 0 Å². The van der Waals surface area contributed by atoms with Crippen LogP contribution in [0.2, 0.25) is 0 Å². The number of methoxy groups -OCH3 is 1. The third-order valence-electron chi connectivity index (χ3n) is 1.47. The van der Waals surface area contributed by atoms with E-state index in [0.29, 0.717) is 5.75 Å². The molecule has 0 spiro atoms. The van der Waals surface area contributed by atoms with Crippen LogP contribution in [0, 0.1) is 0 Å². The highest BCUT2D eigenvalue weighted by Gasteiger charge is 1.97. The molecule has 1 N–H and O–H groups in total. The molecule has 0 aliphatic carbocycles. The molecular formula is C9H13NO.